The van der Waals surface area contributed by atoms with E-state index in [-0.39, 0.29) is 47.1 Å². The van der Waals surface area contributed by atoms with Gasteiger partial charge in [0, 0.05) is 30.0 Å². The molecule has 2 aliphatic carbocycles. The van der Waals surface area contributed by atoms with Crippen LogP contribution in [0.2, 0.25) is 5.02 Å². The Morgan fingerprint density at radius 2 is 1.76 bits per heavy atom. The van der Waals surface area contributed by atoms with Crippen molar-refractivity contribution in [1.82, 2.24) is 0 Å². The number of nitro groups is 1. The molecule has 8 rings (SSSR count). The first-order valence-corrected chi connectivity index (χ1v) is 16.1. The second-order valence-electron chi connectivity index (χ2n) is 13.3. The number of phenolic OH excluding ortho intramolecular Hbond substituents is 1. The van der Waals surface area contributed by atoms with Crippen molar-refractivity contribution in [2.75, 3.05) is 9.80 Å². The zero-order valence-electron chi connectivity index (χ0n) is 25.8. The molecule has 6 atom stereocenters. The highest BCUT2D eigenvalue weighted by molar-refractivity contribution is 6.31. The average Bonchev–Trinajstić information content (AvgIpc) is 3.45. The highest BCUT2D eigenvalue weighted by Crippen LogP contribution is 2.63. The van der Waals surface area contributed by atoms with Crippen molar-refractivity contribution in [3.8, 4) is 11.5 Å². The van der Waals surface area contributed by atoms with Crippen molar-refractivity contribution in [3.63, 3.8) is 0 Å². The SMILES string of the molecule is C[C@@]12C(=O)N(c3ccc(F)c(Cl)c3)C(=O)[C@@H]1C[C@@H]1C(=CC[C@@H]3C(=O)N(c4cccc([N+](=O)[O-])c4)C(=O)[C@@H]31)[C@@H]2C1=COc2ccc(O)cc2C1. The van der Waals surface area contributed by atoms with Gasteiger partial charge in [-0.3, -0.25) is 29.3 Å². The van der Waals surface area contributed by atoms with Gasteiger partial charge in [-0.2, -0.15) is 0 Å². The largest absolute Gasteiger partial charge is 0.508 e. The molecule has 0 aromatic heterocycles. The Hall–Kier alpha value is -5.36. The first kappa shape index (κ1) is 30.9. The summed E-state index contributed by atoms with van der Waals surface area (Å²) in [4.78, 5) is 70.0. The molecular weight excluding hydrogens is 657 g/mol. The maximum absolute atomic E-state index is 14.6. The highest BCUT2D eigenvalue weighted by Gasteiger charge is 2.68. The van der Waals surface area contributed by atoms with Crippen LogP contribution in [0.1, 0.15) is 25.3 Å². The highest BCUT2D eigenvalue weighted by atomic mass is 35.5. The summed E-state index contributed by atoms with van der Waals surface area (Å²) in [6, 6.07) is 13.7. The summed E-state index contributed by atoms with van der Waals surface area (Å²) in [5.74, 6) is -6.25. The quantitative estimate of drug-likeness (QED) is 0.155. The van der Waals surface area contributed by atoms with E-state index in [1.54, 1.807) is 25.3 Å². The predicted octanol–water partition coefficient (Wildman–Crippen LogP) is 5.88. The number of hydrogen-bond acceptors (Lipinski definition) is 8. The van der Waals surface area contributed by atoms with Crippen molar-refractivity contribution in [2.24, 2.45) is 35.0 Å². The number of aromatic hydroxyl groups is 1. The number of carbonyl (C=O) groups is 4. The molecule has 0 unspecified atom stereocenters. The fourth-order valence-corrected chi connectivity index (χ4v) is 8.89. The van der Waals surface area contributed by atoms with Crippen molar-refractivity contribution >= 4 is 52.3 Å². The third-order valence-electron chi connectivity index (χ3n) is 10.9. The number of rotatable bonds is 4. The van der Waals surface area contributed by atoms with Crippen LogP contribution in [-0.2, 0) is 25.6 Å². The Labute approximate surface area is 283 Å². The Morgan fingerprint density at radius 1 is 0.980 bits per heavy atom. The molecule has 3 aromatic rings. The van der Waals surface area contributed by atoms with Crippen LogP contribution in [0, 0.1) is 50.9 Å². The lowest BCUT2D eigenvalue weighted by molar-refractivity contribution is -0.384. The zero-order valence-corrected chi connectivity index (χ0v) is 26.6. The lowest BCUT2D eigenvalue weighted by Gasteiger charge is -2.49. The molecule has 2 saturated heterocycles. The summed E-state index contributed by atoms with van der Waals surface area (Å²) < 4.78 is 20.1. The number of nitro benzene ring substituents is 1. The second kappa shape index (κ2) is 10.8. The number of hydrogen-bond donors (Lipinski definition) is 1. The smallest absolute Gasteiger partial charge is 0.271 e. The van der Waals surface area contributed by atoms with Crippen LogP contribution in [0.5, 0.6) is 11.5 Å². The first-order valence-electron chi connectivity index (χ1n) is 15.7. The fraction of sp³-hybridized carbons (Fsp3) is 0.278. The number of non-ortho nitro benzene ring substituents is 1. The summed E-state index contributed by atoms with van der Waals surface area (Å²) in [6.07, 6.45) is 3.95. The van der Waals surface area contributed by atoms with Gasteiger partial charge in [-0.05, 0) is 73.7 Å². The van der Waals surface area contributed by atoms with Crippen LogP contribution in [-0.4, -0.2) is 33.7 Å². The minimum Gasteiger partial charge on any atom is -0.508 e. The predicted molar refractivity (Wildman–Crippen MR) is 173 cm³/mol. The lowest BCUT2D eigenvalue weighted by atomic mass is 9.51. The van der Waals surface area contributed by atoms with E-state index in [2.05, 4.69) is 0 Å². The number of fused-ring (bicyclic) bond motifs is 5. The summed E-state index contributed by atoms with van der Waals surface area (Å²) in [7, 11) is 0. The minimum atomic E-state index is -1.37. The van der Waals surface area contributed by atoms with Gasteiger partial charge in [0.05, 0.1) is 50.8 Å². The number of benzene rings is 3. The lowest BCUT2D eigenvalue weighted by Crippen LogP contribution is -2.51. The number of phenols is 1. The number of nitrogens with zero attached hydrogens (tertiary/aromatic N) is 3. The second-order valence-corrected chi connectivity index (χ2v) is 13.7. The number of halogens is 2. The molecule has 11 nitrogen and oxygen atoms in total. The van der Waals surface area contributed by atoms with Gasteiger partial charge in [-0.15, -0.1) is 0 Å². The Kier molecular flexibility index (Phi) is 6.84. The van der Waals surface area contributed by atoms with E-state index in [1.807, 2.05) is 6.08 Å². The summed E-state index contributed by atoms with van der Waals surface area (Å²) in [6.45, 7) is 1.71. The molecular formula is C36H27ClFN3O8. The van der Waals surface area contributed by atoms with Crippen LogP contribution in [0.4, 0.5) is 21.5 Å². The normalized spacial score (nSPS) is 28.7. The molecule has 0 radical (unpaired) electrons. The third kappa shape index (κ3) is 4.39. The summed E-state index contributed by atoms with van der Waals surface area (Å²) >= 11 is 6.08. The van der Waals surface area contributed by atoms with Crippen molar-refractivity contribution in [1.29, 1.82) is 0 Å². The zero-order chi connectivity index (χ0) is 34.5. The van der Waals surface area contributed by atoms with Gasteiger partial charge in [0.2, 0.25) is 23.6 Å². The van der Waals surface area contributed by atoms with Gasteiger partial charge >= 0.3 is 0 Å². The van der Waals surface area contributed by atoms with E-state index < -0.39 is 69.4 Å². The number of carbonyl (C=O) groups excluding carboxylic acids is 4. The summed E-state index contributed by atoms with van der Waals surface area (Å²) in [5, 5.41) is 21.5. The molecule has 1 saturated carbocycles. The van der Waals surface area contributed by atoms with Crippen LogP contribution >= 0.6 is 11.6 Å². The molecule has 13 heteroatoms. The number of anilines is 2. The molecule has 3 aliphatic heterocycles. The van der Waals surface area contributed by atoms with E-state index in [0.717, 1.165) is 21.4 Å². The monoisotopic (exact) mass is 683 g/mol. The Bertz CT molecular complexity index is 2110. The first-order chi connectivity index (χ1) is 23.4. The molecule has 49 heavy (non-hydrogen) atoms. The van der Waals surface area contributed by atoms with Crippen molar-refractivity contribution < 1.29 is 38.3 Å². The third-order valence-corrected chi connectivity index (χ3v) is 11.2. The van der Waals surface area contributed by atoms with Gasteiger partial charge < -0.3 is 9.84 Å². The summed E-state index contributed by atoms with van der Waals surface area (Å²) in [5.41, 5.74) is 0.585. The molecule has 248 valence electrons. The molecule has 3 heterocycles. The molecule has 4 amide bonds. The maximum Gasteiger partial charge on any atom is 0.271 e. The van der Waals surface area contributed by atoms with Gasteiger partial charge in [0.1, 0.15) is 17.3 Å². The van der Waals surface area contributed by atoms with E-state index in [1.165, 1.54) is 42.5 Å². The molecule has 3 fully saturated rings. The van der Waals surface area contributed by atoms with Gasteiger partial charge in [-0.25, -0.2) is 14.2 Å². The van der Waals surface area contributed by atoms with Crippen molar-refractivity contribution in [2.45, 2.75) is 26.2 Å². The average molecular weight is 684 g/mol. The molecule has 5 aliphatic rings. The molecule has 0 spiro atoms. The molecule has 1 N–H and O–H groups in total. The van der Waals surface area contributed by atoms with Crippen LogP contribution in [0.15, 0.2) is 84.1 Å². The van der Waals surface area contributed by atoms with Gasteiger partial charge in [0.25, 0.3) is 5.69 Å². The number of imide groups is 2. The fourth-order valence-electron chi connectivity index (χ4n) is 8.72. The Morgan fingerprint density at radius 3 is 2.51 bits per heavy atom. The standard InChI is InChI=1S/C36H27ClFN3O8/c1-36-26(33(44)40(35(36)46)20-5-9-28(38)27(37)14-20)15-25-23(31(36)18-11-17-12-22(42)6-10-29(17)49-16-18)7-8-24-30(25)34(45)39(32(24)43)19-3-2-4-21(13-19)41(47)48/h2-7,9-10,12-14,16,24-26,30-31,42H,8,11,15H2,1H3/t24-,25+,26-,30-,31-,36+/m0/s1. The minimum absolute atomic E-state index is 0.0247. The number of allylic oxidation sites excluding steroid dienone is 3. The molecule has 0 bridgehead atoms. The van der Waals surface area contributed by atoms with Crippen LogP contribution in [0.3, 0.4) is 0 Å². The van der Waals surface area contributed by atoms with Crippen molar-refractivity contribution in [3.05, 3.63) is 111 Å². The van der Waals surface area contributed by atoms with E-state index in [0.29, 0.717) is 16.9 Å². The van der Waals surface area contributed by atoms with E-state index >= 15 is 0 Å². The Balaban J connectivity index is 1.25. The van der Waals surface area contributed by atoms with E-state index in [9.17, 15) is 38.8 Å². The number of ether oxygens (including phenoxy) is 1. The topological polar surface area (TPSA) is 147 Å². The maximum atomic E-state index is 14.6. The van der Waals surface area contributed by atoms with Crippen LogP contribution in [0.25, 0.3) is 0 Å². The number of amides is 4. The van der Waals surface area contributed by atoms with Gasteiger partial charge in [-0.1, -0.05) is 29.3 Å². The van der Waals surface area contributed by atoms with E-state index in [4.69, 9.17) is 16.3 Å². The van der Waals surface area contributed by atoms with Gasteiger partial charge in [0.15, 0.2) is 0 Å². The molecule has 3 aromatic carbocycles. The van der Waals surface area contributed by atoms with Crippen LogP contribution < -0.4 is 14.5 Å².